The zero-order chi connectivity index (χ0) is 15.5. The summed E-state index contributed by atoms with van der Waals surface area (Å²) in [6, 6.07) is 8.82. The number of hydrogen-bond donors (Lipinski definition) is 1. The third-order valence-corrected chi connectivity index (χ3v) is 5.46. The zero-order valence-corrected chi connectivity index (χ0v) is 13.3. The van der Waals surface area contributed by atoms with E-state index in [1.165, 1.54) is 0 Å². The summed E-state index contributed by atoms with van der Waals surface area (Å²) in [5, 5.41) is 0. The Morgan fingerprint density at radius 3 is 2.57 bits per heavy atom. The van der Waals surface area contributed by atoms with E-state index in [2.05, 4.69) is 13.8 Å². The average molecular weight is 310 g/mol. The molecule has 5 heteroatoms. The smallest absolute Gasteiger partial charge is 0.338 e. The van der Waals surface area contributed by atoms with E-state index in [0.717, 1.165) is 19.3 Å². The molecule has 2 rings (SSSR count). The van der Waals surface area contributed by atoms with Crippen molar-refractivity contribution in [3.63, 3.8) is 0 Å². The first-order chi connectivity index (χ1) is 9.96. The highest BCUT2D eigenvalue weighted by Gasteiger charge is 2.46. The largest absolute Gasteiger partial charge is 0.458 e. The normalized spacial score (nSPS) is 28.7. The van der Waals surface area contributed by atoms with Gasteiger partial charge >= 0.3 is 5.97 Å². The molecule has 3 unspecified atom stereocenters. The van der Waals surface area contributed by atoms with Gasteiger partial charge in [0.25, 0.3) is 0 Å². The van der Waals surface area contributed by atoms with Gasteiger partial charge in [0.1, 0.15) is 16.8 Å². The summed E-state index contributed by atoms with van der Waals surface area (Å²) in [6.45, 7) is 4.15. The second-order valence-corrected chi connectivity index (χ2v) is 7.01. The highest BCUT2D eigenvalue weighted by atomic mass is 32.2. The topological polar surface area (TPSA) is 60.4 Å². The van der Waals surface area contributed by atoms with E-state index in [-0.39, 0.29) is 29.2 Å². The van der Waals surface area contributed by atoms with Gasteiger partial charge in [-0.05, 0) is 30.4 Å². The van der Waals surface area contributed by atoms with Crippen molar-refractivity contribution in [1.29, 1.82) is 0 Å². The van der Waals surface area contributed by atoms with Crippen molar-refractivity contribution in [2.24, 2.45) is 11.3 Å². The highest BCUT2D eigenvalue weighted by Crippen LogP contribution is 2.47. The molecule has 4 nitrogen and oxygen atoms in total. The number of hydrogen-bond acceptors (Lipinski definition) is 4. The van der Waals surface area contributed by atoms with Crippen molar-refractivity contribution in [2.45, 2.75) is 39.2 Å². The van der Waals surface area contributed by atoms with Gasteiger partial charge in [0, 0.05) is 5.92 Å². The highest BCUT2D eigenvalue weighted by molar-refractivity contribution is 7.72. The lowest BCUT2D eigenvalue weighted by Gasteiger charge is -2.31. The maximum atomic E-state index is 12.2. The Kier molecular flexibility index (Phi) is 5.04. The molecule has 1 aromatic carbocycles. The van der Waals surface area contributed by atoms with Crippen LogP contribution >= 0.6 is 0 Å². The molecule has 0 saturated heterocycles. The number of ether oxygens (including phenoxy) is 1. The molecule has 0 amide bonds. The lowest BCUT2D eigenvalue weighted by molar-refractivity contribution is 0.0145. The van der Waals surface area contributed by atoms with E-state index in [1.807, 2.05) is 6.07 Å². The first-order valence-electron chi connectivity index (χ1n) is 7.34. The molecule has 1 aliphatic carbocycles. The monoisotopic (exact) mass is 310 g/mol. The van der Waals surface area contributed by atoms with Gasteiger partial charge in [-0.25, -0.2) is 13.2 Å². The maximum Gasteiger partial charge on any atom is 0.338 e. The Hall–Kier alpha value is -1.36. The minimum Gasteiger partial charge on any atom is -0.458 e. The first-order valence-corrected chi connectivity index (χ1v) is 8.70. The minimum absolute atomic E-state index is 0.0724. The van der Waals surface area contributed by atoms with Gasteiger partial charge in [0.2, 0.25) is 0 Å². The van der Waals surface area contributed by atoms with Gasteiger partial charge < -0.3 is 4.74 Å². The number of esters is 1. The Balaban J connectivity index is 2.13. The molecule has 0 radical (unpaired) electrons. The van der Waals surface area contributed by atoms with E-state index in [9.17, 15) is 13.2 Å². The van der Waals surface area contributed by atoms with Gasteiger partial charge in [-0.2, -0.15) is 0 Å². The standard InChI is InChI=1S/C16H22O4S/c1-3-16(2)10-9-14(13(16)11-21(18)19)20-15(17)12-7-5-4-6-8-12/h4-8,13-14,21H,3,9-11H2,1-2H3. The van der Waals surface area contributed by atoms with Crippen molar-refractivity contribution >= 4 is 16.7 Å². The summed E-state index contributed by atoms with van der Waals surface area (Å²) < 4.78 is 27.9. The van der Waals surface area contributed by atoms with Crippen molar-refractivity contribution < 1.29 is 17.9 Å². The lowest BCUT2D eigenvalue weighted by atomic mass is 9.78. The number of rotatable bonds is 5. The van der Waals surface area contributed by atoms with Crippen molar-refractivity contribution in [1.82, 2.24) is 0 Å². The van der Waals surface area contributed by atoms with Crippen LogP contribution in [0.15, 0.2) is 30.3 Å². The predicted octanol–water partition coefficient (Wildman–Crippen LogP) is 2.65. The van der Waals surface area contributed by atoms with Gasteiger partial charge in [-0.3, -0.25) is 0 Å². The molecule has 1 aromatic rings. The molecule has 1 fully saturated rings. The molecule has 1 saturated carbocycles. The molecule has 0 heterocycles. The maximum absolute atomic E-state index is 12.2. The molecular weight excluding hydrogens is 288 g/mol. The van der Waals surface area contributed by atoms with E-state index in [0.29, 0.717) is 5.56 Å². The Morgan fingerprint density at radius 2 is 2.00 bits per heavy atom. The first kappa shape index (κ1) is 16.0. The van der Waals surface area contributed by atoms with Crippen LogP contribution in [-0.2, 0) is 15.4 Å². The second-order valence-electron chi connectivity index (χ2n) is 5.98. The van der Waals surface area contributed by atoms with Crippen LogP contribution in [0.5, 0.6) is 0 Å². The van der Waals surface area contributed by atoms with Gasteiger partial charge in [0.15, 0.2) is 0 Å². The van der Waals surface area contributed by atoms with Crippen molar-refractivity contribution in [3.8, 4) is 0 Å². The van der Waals surface area contributed by atoms with Crippen molar-refractivity contribution in [2.75, 3.05) is 5.75 Å². The summed E-state index contributed by atoms with van der Waals surface area (Å²) in [6.07, 6.45) is 2.21. The molecule has 0 bridgehead atoms. The van der Waals surface area contributed by atoms with Crippen LogP contribution in [0.2, 0.25) is 0 Å². The molecular formula is C16H22O4S. The van der Waals surface area contributed by atoms with Gasteiger partial charge in [0.05, 0.1) is 11.3 Å². The molecule has 116 valence electrons. The quantitative estimate of drug-likeness (QED) is 0.671. The molecule has 0 aliphatic heterocycles. The summed E-state index contributed by atoms with van der Waals surface area (Å²) >= 11 is 0. The molecule has 21 heavy (non-hydrogen) atoms. The van der Waals surface area contributed by atoms with E-state index < -0.39 is 10.7 Å². The number of benzene rings is 1. The van der Waals surface area contributed by atoms with Crippen LogP contribution in [0.25, 0.3) is 0 Å². The van der Waals surface area contributed by atoms with Gasteiger partial charge in [-0.1, -0.05) is 38.5 Å². The Labute approximate surface area is 127 Å². The van der Waals surface area contributed by atoms with Crippen molar-refractivity contribution in [3.05, 3.63) is 35.9 Å². The average Bonchev–Trinajstić information content (AvgIpc) is 2.77. The summed E-state index contributed by atoms with van der Waals surface area (Å²) in [5.41, 5.74) is 0.435. The fraction of sp³-hybridized carbons (Fsp3) is 0.562. The Bertz CT molecular complexity index is 559. The third kappa shape index (κ3) is 3.64. The molecule has 0 N–H and O–H groups in total. The number of thiol groups is 1. The van der Waals surface area contributed by atoms with Crippen LogP contribution < -0.4 is 0 Å². The summed E-state index contributed by atoms with van der Waals surface area (Å²) in [7, 11) is -2.47. The number of carbonyl (C=O) groups is 1. The third-order valence-electron chi connectivity index (χ3n) is 4.77. The lowest BCUT2D eigenvalue weighted by Crippen LogP contribution is -2.33. The second kappa shape index (κ2) is 6.60. The minimum atomic E-state index is -2.47. The molecule has 3 atom stereocenters. The Morgan fingerprint density at radius 1 is 1.33 bits per heavy atom. The van der Waals surface area contributed by atoms with Crippen LogP contribution in [0, 0.1) is 11.3 Å². The SMILES string of the molecule is CCC1(C)CCC(OC(=O)c2ccccc2)C1C[SH](=O)=O. The van der Waals surface area contributed by atoms with Gasteiger partial charge in [-0.15, -0.1) is 0 Å². The summed E-state index contributed by atoms with van der Waals surface area (Å²) in [5.74, 6) is -0.393. The number of carbonyl (C=O) groups excluding carboxylic acids is 1. The fourth-order valence-electron chi connectivity index (χ4n) is 3.17. The van der Waals surface area contributed by atoms with Crippen LogP contribution in [-0.4, -0.2) is 26.2 Å². The van der Waals surface area contributed by atoms with Crippen LogP contribution in [0.1, 0.15) is 43.5 Å². The molecule has 1 aliphatic rings. The fourth-order valence-corrected chi connectivity index (χ4v) is 4.16. The predicted molar refractivity (Wildman–Crippen MR) is 81.9 cm³/mol. The summed E-state index contributed by atoms with van der Waals surface area (Å²) in [4.78, 5) is 12.2. The van der Waals surface area contributed by atoms with E-state index >= 15 is 0 Å². The zero-order valence-electron chi connectivity index (χ0n) is 12.5. The van der Waals surface area contributed by atoms with E-state index in [1.54, 1.807) is 24.3 Å². The van der Waals surface area contributed by atoms with Crippen LogP contribution in [0.4, 0.5) is 0 Å². The van der Waals surface area contributed by atoms with E-state index in [4.69, 9.17) is 4.74 Å². The molecule has 0 spiro atoms. The van der Waals surface area contributed by atoms with Crippen LogP contribution in [0.3, 0.4) is 0 Å². The molecule has 0 aromatic heterocycles.